The van der Waals surface area contributed by atoms with Gasteiger partial charge in [-0.2, -0.15) is 5.26 Å². The molecular weight excluding hydrogens is 186 g/mol. The van der Waals surface area contributed by atoms with Crippen LogP contribution in [0, 0.1) is 11.3 Å². The van der Waals surface area contributed by atoms with Crippen LogP contribution in [0.2, 0.25) is 0 Å². The second-order valence-electron chi connectivity index (χ2n) is 3.85. The van der Waals surface area contributed by atoms with E-state index in [9.17, 15) is 0 Å². The fourth-order valence-corrected chi connectivity index (χ4v) is 1.09. The minimum absolute atomic E-state index is 0.477. The van der Waals surface area contributed by atoms with Crippen molar-refractivity contribution in [2.45, 2.75) is 40.0 Å². The highest BCUT2D eigenvalue weighted by Gasteiger charge is 1.89. The topological polar surface area (TPSA) is 33.0 Å². The first-order valence-corrected chi connectivity index (χ1v) is 5.40. The molecule has 0 amide bonds. The number of ether oxygens (including phenoxy) is 1. The molecule has 0 rings (SSSR count). The first kappa shape index (κ1) is 13.9. The predicted octanol–water partition coefficient (Wildman–Crippen LogP) is 3.61. The highest BCUT2D eigenvalue weighted by atomic mass is 16.5. The Morgan fingerprint density at radius 2 is 2.00 bits per heavy atom. The Kier molecular flexibility index (Phi) is 8.81. The van der Waals surface area contributed by atoms with Gasteiger partial charge in [-0.3, -0.25) is 0 Å². The minimum Gasteiger partial charge on any atom is -0.376 e. The van der Waals surface area contributed by atoms with Crippen molar-refractivity contribution in [1.82, 2.24) is 0 Å². The van der Waals surface area contributed by atoms with Crippen molar-refractivity contribution < 1.29 is 4.74 Å². The number of hydrogen-bond acceptors (Lipinski definition) is 2. The first-order chi connectivity index (χ1) is 7.16. The molecule has 0 aromatic rings. The van der Waals surface area contributed by atoms with Gasteiger partial charge in [0.15, 0.2) is 0 Å². The maximum absolute atomic E-state index is 8.29. The molecule has 0 fully saturated rings. The van der Waals surface area contributed by atoms with Crippen LogP contribution in [0.25, 0.3) is 0 Å². The second-order valence-corrected chi connectivity index (χ2v) is 3.85. The van der Waals surface area contributed by atoms with E-state index in [1.165, 1.54) is 11.1 Å². The van der Waals surface area contributed by atoms with E-state index in [0.29, 0.717) is 19.6 Å². The van der Waals surface area contributed by atoms with Crippen LogP contribution >= 0.6 is 0 Å². The summed E-state index contributed by atoms with van der Waals surface area (Å²) in [4.78, 5) is 0. The van der Waals surface area contributed by atoms with Gasteiger partial charge in [-0.05, 0) is 33.6 Å². The third-order valence-electron chi connectivity index (χ3n) is 2.00. The van der Waals surface area contributed by atoms with Gasteiger partial charge in [-0.1, -0.05) is 23.3 Å². The second kappa shape index (κ2) is 9.48. The SMILES string of the molecule is CC(C)=CCCC(C)=CCOCCC#N. The summed E-state index contributed by atoms with van der Waals surface area (Å²) >= 11 is 0. The standard InChI is InChI=1S/C13H21NO/c1-12(2)6-4-7-13(3)8-11-15-10-5-9-14/h6,8H,4-5,7,10-11H2,1-3H3. The van der Waals surface area contributed by atoms with E-state index in [1.54, 1.807) is 0 Å². The van der Waals surface area contributed by atoms with E-state index in [1.807, 2.05) is 6.07 Å². The van der Waals surface area contributed by atoms with E-state index in [2.05, 4.69) is 32.9 Å². The van der Waals surface area contributed by atoms with Gasteiger partial charge in [-0.15, -0.1) is 0 Å². The Balaban J connectivity index is 3.53. The molecule has 0 aromatic carbocycles. The molecule has 84 valence electrons. The molecule has 0 unspecified atom stereocenters. The normalized spacial score (nSPS) is 10.9. The fraction of sp³-hybridized carbons (Fsp3) is 0.615. The number of nitrogens with zero attached hydrogens (tertiary/aromatic N) is 1. The van der Waals surface area contributed by atoms with E-state index in [4.69, 9.17) is 10.00 Å². The maximum atomic E-state index is 8.29. The largest absolute Gasteiger partial charge is 0.376 e. The van der Waals surface area contributed by atoms with Crippen LogP contribution in [0.15, 0.2) is 23.3 Å². The van der Waals surface area contributed by atoms with Crippen LogP contribution < -0.4 is 0 Å². The molecule has 15 heavy (non-hydrogen) atoms. The molecule has 0 aromatic heterocycles. The molecule has 2 nitrogen and oxygen atoms in total. The molecular formula is C13H21NO. The number of hydrogen-bond donors (Lipinski definition) is 0. The lowest BCUT2D eigenvalue weighted by atomic mass is 10.1. The molecule has 0 atom stereocenters. The van der Waals surface area contributed by atoms with E-state index < -0.39 is 0 Å². The van der Waals surface area contributed by atoms with E-state index >= 15 is 0 Å². The maximum Gasteiger partial charge on any atom is 0.0650 e. The quantitative estimate of drug-likeness (QED) is 0.472. The summed E-state index contributed by atoms with van der Waals surface area (Å²) in [6.07, 6.45) is 7.00. The molecule has 2 heteroatoms. The lowest BCUT2D eigenvalue weighted by Gasteiger charge is -2.00. The van der Waals surface area contributed by atoms with E-state index in [0.717, 1.165) is 12.8 Å². The van der Waals surface area contributed by atoms with Crippen LogP contribution in [0.1, 0.15) is 40.0 Å². The van der Waals surface area contributed by atoms with Crippen LogP contribution in [0.3, 0.4) is 0 Å². The summed E-state index contributed by atoms with van der Waals surface area (Å²) in [5, 5.41) is 8.29. The van der Waals surface area contributed by atoms with Crippen molar-refractivity contribution in [3.63, 3.8) is 0 Å². The molecule has 0 saturated carbocycles. The third kappa shape index (κ3) is 10.9. The fourth-order valence-electron chi connectivity index (χ4n) is 1.09. The van der Waals surface area contributed by atoms with Crippen LogP contribution in [0.4, 0.5) is 0 Å². The lowest BCUT2D eigenvalue weighted by molar-refractivity contribution is 0.168. The molecule has 0 N–H and O–H groups in total. The van der Waals surface area contributed by atoms with Crippen molar-refractivity contribution >= 4 is 0 Å². The molecule has 0 spiro atoms. The van der Waals surface area contributed by atoms with Gasteiger partial charge in [0, 0.05) is 0 Å². The minimum atomic E-state index is 0.477. The van der Waals surface area contributed by atoms with Crippen molar-refractivity contribution in [3.05, 3.63) is 23.3 Å². The van der Waals surface area contributed by atoms with Gasteiger partial charge in [0.05, 0.1) is 25.7 Å². The predicted molar refractivity (Wildman–Crippen MR) is 63.5 cm³/mol. The first-order valence-electron chi connectivity index (χ1n) is 5.40. The summed E-state index contributed by atoms with van der Waals surface area (Å²) < 4.78 is 5.26. The van der Waals surface area contributed by atoms with E-state index in [-0.39, 0.29) is 0 Å². The number of nitriles is 1. The van der Waals surface area contributed by atoms with Crippen LogP contribution in [-0.2, 0) is 4.74 Å². The van der Waals surface area contributed by atoms with Crippen molar-refractivity contribution in [2.75, 3.05) is 13.2 Å². The average Bonchev–Trinajstić information content (AvgIpc) is 2.17. The molecule has 0 aliphatic carbocycles. The smallest absolute Gasteiger partial charge is 0.0650 e. The van der Waals surface area contributed by atoms with Gasteiger partial charge < -0.3 is 4.74 Å². The van der Waals surface area contributed by atoms with Crippen molar-refractivity contribution in [1.29, 1.82) is 5.26 Å². The molecule has 0 aliphatic heterocycles. The summed E-state index contributed by atoms with van der Waals surface area (Å²) in [5.41, 5.74) is 2.72. The lowest BCUT2D eigenvalue weighted by Crippen LogP contribution is -1.93. The zero-order valence-corrected chi connectivity index (χ0v) is 10.0. The van der Waals surface area contributed by atoms with Gasteiger partial charge in [-0.25, -0.2) is 0 Å². The van der Waals surface area contributed by atoms with Crippen molar-refractivity contribution in [2.24, 2.45) is 0 Å². The van der Waals surface area contributed by atoms with Crippen molar-refractivity contribution in [3.8, 4) is 6.07 Å². The third-order valence-corrected chi connectivity index (χ3v) is 2.00. The molecule has 0 heterocycles. The van der Waals surface area contributed by atoms with Crippen LogP contribution in [0.5, 0.6) is 0 Å². The van der Waals surface area contributed by atoms with Gasteiger partial charge in [0.1, 0.15) is 0 Å². The highest BCUT2D eigenvalue weighted by molar-refractivity contribution is 5.02. The average molecular weight is 207 g/mol. The Bertz CT molecular complexity index is 254. The summed E-state index contributed by atoms with van der Waals surface area (Å²) in [6, 6.07) is 2.05. The highest BCUT2D eigenvalue weighted by Crippen LogP contribution is 2.06. The number of rotatable bonds is 7. The Labute approximate surface area is 93.2 Å². The molecule has 0 saturated heterocycles. The molecule has 0 bridgehead atoms. The Morgan fingerprint density at radius 3 is 2.60 bits per heavy atom. The molecule has 0 radical (unpaired) electrons. The summed E-state index contributed by atoms with van der Waals surface area (Å²) in [6.45, 7) is 7.51. The van der Waals surface area contributed by atoms with Crippen LogP contribution in [-0.4, -0.2) is 13.2 Å². The summed E-state index contributed by atoms with van der Waals surface area (Å²) in [5.74, 6) is 0. The van der Waals surface area contributed by atoms with Gasteiger partial charge in [0.25, 0.3) is 0 Å². The Hall–Kier alpha value is -1.07. The zero-order chi connectivity index (χ0) is 11.5. The van der Waals surface area contributed by atoms with Gasteiger partial charge >= 0.3 is 0 Å². The molecule has 0 aliphatic rings. The Morgan fingerprint density at radius 1 is 1.27 bits per heavy atom. The van der Waals surface area contributed by atoms with Gasteiger partial charge in [0.2, 0.25) is 0 Å². The monoisotopic (exact) mass is 207 g/mol. The summed E-state index contributed by atoms with van der Waals surface area (Å²) in [7, 11) is 0. The zero-order valence-electron chi connectivity index (χ0n) is 10.0. The number of allylic oxidation sites excluding steroid dienone is 3.